The minimum absolute atomic E-state index is 0.128. The van der Waals surface area contributed by atoms with Crippen LogP contribution in [0, 0.1) is 0 Å². The Hall–Kier alpha value is -1.08. The fourth-order valence-electron chi connectivity index (χ4n) is 1.33. The van der Waals surface area contributed by atoms with E-state index in [0.29, 0.717) is 6.42 Å². The number of halogens is 4. The summed E-state index contributed by atoms with van der Waals surface area (Å²) in [4.78, 5) is 11.6. The average Bonchev–Trinajstić information content (AvgIpc) is 2.28. The zero-order valence-electron chi connectivity index (χ0n) is 9.22. The number of aliphatic hydroxyl groups is 1. The van der Waals surface area contributed by atoms with E-state index in [9.17, 15) is 18.0 Å². The number of carbonyl (C=O) groups excluding carboxylic acids is 1. The molecule has 1 aromatic carbocycles. The molecule has 7 heteroatoms. The lowest BCUT2D eigenvalue weighted by molar-refractivity contribution is -0.138. The summed E-state index contributed by atoms with van der Waals surface area (Å²) in [6, 6.07) is 3.35. The Morgan fingerprint density at radius 2 is 2.06 bits per heavy atom. The van der Waals surface area contributed by atoms with Crippen molar-refractivity contribution in [2.24, 2.45) is 0 Å². The third-order valence-corrected chi connectivity index (χ3v) is 2.65. The first-order valence-electron chi connectivity index (χ1n) is 5.12. The fourth-order valence-corrected chi connectivity index (χ4v) is 1.69. The summed E-state index contributed by atoms with van der Waals surface area (Å²) in [6.45, 7) is -0.00452. The van der Waals surface area contributed by atoms with Crippen LogP contribution < -0.4 is 5.32 Å². The van der Waals surface area contributed by atoms with Gasteiger partial charge in [0.2, 0.25) is 0 Å². The van der Waals surface area contributed by atoms with Crippen LogP contribution in [0.2, 0.25) is 0 Å². The van der Waals surface area contributed by atoms with Crippen molar-refractivity contribution < 1.29 is 23.1 Å². The largest absolute Gasteiger partial charge is 0.417 e. The summed E-state index contributed by atoms with van der Waals surface area (Å²) in [5.74, 6) is -0.803. The molecule has 0 aromatic heterocycles. The van der Waals surface area contributed by atoms with E-state index in [1.54, 1.807) is 0 Å². The third-order valence-electron chi connectivity index (χ3n) is 2.15. The molecule has 1 amide bonds. The van der Waals surface area contributed by atoms with E-state index < -0.39 is 23.2 Å². The summed E-state index contributed by atoms with van der Waals surface area (Å²) >= 11 is 2.94. The molecule has 0 heterocycles. The second kappa shape index (κ2) is 6.19. The zero-order chi connectivity index (χ0) is 13.8. The van der Waals surface area contributed by atoms with E-state index in [2.05, 4.69) is 21.2 Å². The van der Waals surface area contributed by atoms with E-state index in [1.165, 1.54) is 6.07 Å². The number of aliphatic hydroxyl groups excluding tert-OH is 1. The number of benzene rings is 1. The molecule has 2 N–H and O–H groups in total. The number of carbonyl (C=O) groups is 1. The van der Waals surface area contributed by atoms with Crippen LogP contribution in [0.5, 0.6) is 0 Å². The first-order chi connectivity index (χ1) is 8.36. The van der Waals surface area contributed by atoms with Gasteiger partial charge in [-0.1, -0.05) is 15.9 Å². The SMILES string of the molecule is O=C(NCCCO)c1ccc(Br)cc1C(F)(F)F. The minimum atomic E-state index is -4.59. The van der Waals surface area contributed by atoms with Crippen molar-refractivity contribution in [1.82, 2.24) is 5.32 Å². The molecule has 0 fully saturated rings. The van der Waals surface area contributed by atoms with Gasteiger partial charge in [-0.05, 0) is 24.6 Å². The monoisotopic (exact) mass is 325 g/mol. The molecule has 0 saturated heterocycles. The standard InChI is InChI=1S/C11H11BrF3NO2/c12-7-2-3-8(9(6-7)11(13,14)15)10(18)16-4-1-5-17/h2-3,6,17H,1,4-5H2,(H,16,18). The highest BCUT2D eigenvalue weighted by Gasteiger charge is 2.35. The van der Waals surface area contributed by atoms with Gasteiger partial charge < -0.3 is 10.4 Å². The van der Waals surface area contributed by atoms with Crippen molar-refractivity contribution in [3.63, 3.8) is 0 Å². The van der Waals surface area contributed by atoms with Crippen LogP contribution in [0.25, 0.3) is 0 Å². The van der Waals surface area contributed by atoms with E-state index in [1.807, 2.05) is 0 Å². The average molecular weight is 326 g/mol. The quantitative estimate of drug-likeness (QED) is 0.836. The Bertz CT molecular complexity index is 435. The summed E-state index contributed by atoms with van der Waals surface area (Å²) < 4.78 is 38.5. The lowest BCUT2D eigenvalue weighted by Gasteiger charge is -2.13. The molecule has 1 rings (SSSR count). The molecule has 18 heavy (non-hydrogen) atoms. The summed E-state index contributed by atoms with van der Waals surface area (Å²) in [7, 11) is 0. The number of nitrogens with one attached hydrogen (secondary N) is 1. The molecule has 0 unspecified atom stereocenters. The van der Waals surface area contributed by atoms with Gasteiger partial charge in [-0.15, -0.1) is 0 Å². The Labute approximate surface area is 110 Å². The van der Waals surface area contributed by atoms with Gasteiger partial charge in [0.1, 0.15) is 0 Å². The first kappa shape index (κ1) is 15.0. The second-order valence-electron chi connectivity index (χ2n) is 3.52. The van der Waals surface area contributed by atoms with E-state index in [0.717, 1.165) is 12.1 Å². The van der Waals surface area contributed by atoms with Crippen molar-refractivity contribution in [3.8, 4) is 0 Å². The third kappa shape index (κ3) is 3.99. The number of amides is 1. The second-order valence-corrected chi connectivity index (χ2v) is 4.44. The van der Waals surface area contributed by atoms with E-state index in [4.69, 9.17) is 5.11 Å². The Morgan fingerprint density at radius 1 is 1.39 bits per heavy atom. The van der Waals surface area contributed by atoms with Crippen LogP contribution in [0.1, 0.15) is 22.3 Å². The van der Waals surface area contributed by atoms with Gasteiger partial charge in [0, 0.05) is 17.6 Å². The molecule has 0 aliphatic heterocycles. The number of rotatable bonds is 4. The summed E-state index contributed by atoms with van der Waals surface area (Å²) in [6.07, 6.45) is -4.29. The number of hydrogen-bond acceptors (Lipinski definition) is 2. The zero-order valence-corrected chi connectivity index (χ0v) is 10.8. The lowest BCUT2D eigenvalue weighted by atomic mass is 10.1. The first-order valence-corrected chi connectivity index (χ1v) is 5.91. The number of alkyl halides is 3. The van der Waals surface area contributed by atoms with Crippen molar-refractivity contribution >= 4 is 21.8 Å². The van der Waals surface area contributed by atoms with Crippen LogP contribution in [0.15, 0.2) is 22.7 Å². The molecule has 0 aliphatic carbocycles. The van der Waals surface area contributed by atoms with Crippen molar-refractivity contribution in [2.75, 3.05) is 13.2 Å². The van der Waals surface area contributed by atoms with E-state index in [-0.39, 0.29) is 17.6 Å². The normalized spacial score (nSPS) is 11.4. The van der Waals surface area contributed by atoms with Gasteiger partial charge in [-0.3, -0.25) is 4.79 Å². The van der Waals surface area contributed by atoms with Crippen LogP contribution in [-0.4, -0.2) is 24.2 Å². The fraction of sp³-hybridized carbons (Fsp3) is 0.364. The highest BCUT2D eigenvalue weighted by atomic mass is 79.9. The topological polar surface area (TPSA) is 49.3 Å². The predicted molar refractivity (Wildman–Crippen MR) is 63.2 cm³/mol. The smallest absolute Gasteiger partial charge is 0.396 e. The number of hydrogen-bond donors (Lipinski definition) is 2. The van der Waals surface area contributed by atoms with Crippen LogP contribution in [-0.2, 0) is 6.18 Å². The van der Waals surface area contributed by atoms with Crippen molar-refractivity contribution in [2.45, 2.75) is 12.6 Å². The van der Waals surface area contributed by atoms with Crippen molar-refractivity contribution in [3.05, 3.63) is 33.8 Å². The van der Waals surface area contributed by atoms with Crippen LogP contribution in [0.4, 0.5) is 13.2 Å². The summed E-state index contributed by atoms with van der Waals surface area (Å²) in [5.41, 5.74) is -1.41. The Morgan fingerprint density at radius 3 is 2.61 bits per heavy atom. The molecule has 0 radical (unpaired) electrons. The molecule has 0 spiro atoms. The van der Waals surface area contributed by atoms with Gasteiger partial charge in [0.15, 0.2) is 0 Å². The maximum Gasteiger partial charge on any atom is 0.417 e. The Kier molecular flexibility index (Phi) is 5.15. The van der Waals surface area contributed by atoms with Crippen LogP contribution >= 0.6 is 15.9 Å². The Balaban J connectivity index is 2.97. The molecule has 0 aliphatic rings. The molecule has 100 valence electrons. The predicted octanol–water partition coefficient (Wildman–Crippen LogP) is 2.58. The van der Waals surface area contributed by atoms with Gasteiger partial charge in [-0.25, -0.2) is 0 Å². The maximum absolute atomic E-state index is 12.7. The van der Waals surface area contributed by atoms with Gasteiger partial charge in [-0.2, -0.15) is 13.2 Å². The lowest BCUT2D eigenvalue weighted by Crippen LogP contribution is -2.27. The molecular formula is C11H11BrF3NO2. The molecule has 0 saturated carbocycles. The summed E-state index contributed by atoms with van der Waals surface area (Å²) in [5, 5.41) is 10.9. The van der Waals surface area contributed by atoms with Gasteiger partial charge >= 0.3 is 6.18 Å². The molecule has 1 aromatic rings. The highest BCUT2D eigenvalue weighted by Crippen LogP contribution is 2.33. The minimum Gasteiger partial charge on any atom is -0.396 e. The molecular weight excluding hydrogens is 315 g/mol. The van der Waals surface area contributed by atoms with E-state index >= 15 is 0 Å². The van der Waals surface area contributed by atoms with Gasteiger partial charge in [0.25, 0.3) is 5.91 Å². The van der Waals surface area contributed by atoms with Gasteiger partial charge in [0.05, 0.1) is 11.1 Å². The molecule has 3 nitrogen and oxygen atoms in total. The maximum atomic E-state index is 12.7. The van der Waals surface area contributed by atoms with Crippen LogP contribution in [0.3, 0.4) is 0 Å². The molecule has 0 bridgehead atoms. The highest BCUT2D eigenvalue weighted by molar-refractivity contribution is 9.10. The molecule has 0 atom stereocenters. The van der Waals surface area contributed by atoms with Crippen molar-refractivity contribution in [1.29, 1.82) is 0 Å².